The number of aromatic nitrogens is 1. The topological polar surface area (TPSA) is 60.2 Å². The number of hydrogen-bond acceptors (Lipinski definition) is 4. The molecule has 24 heavy (non-hydrogen) atoms. The maximum absolute atomic E-state index is 12.9. The number of pyridine rings is 1. The van der Waals surface area contributed by atoms with Crippen LogP contribution >= 0.6 is 0 Å². The van der Waals surface area contributed by atoms with Crippen molar-refractivity contribution in [2.24, 2.45) is 0 Å². The van der Waals surface area contributed by atoms with Gasteiger partial charge in [-0.15, -0.1) is 0 Å². The third kappa shape index (κ3) is 3.19. The van der Waals surface area contributed by atoms with Gasteiger partial charge in [-0.25, -0.2) is 4.98 Å². The number of β-amino-alcohol motifs (C(OH)–C–C–N with tert-alkyl or cyclic N) is 1. The van der Waals surface area contributed by atoms with E-state index in [2.05, 4.69) is 4.98 Å². The van der Waals surface area contributed by atoms with E-state index in [0.717, 1.165) is 12.1 Å². The molecule has 2 aromatic rings. The molecule has 1 N–H and O–H groups in total. The molecule has 2 heterocycles. The summed E-state index contributed by atoms with van der Waals surface area (Å²) in [4.78, 5) is 5.93. The number of nitriles is 1. The van der Waals surface area contributed by atoms with Gasteiger partial charge in [0.15, 0.2) is 0 Å². The van der Waals surface area contributed by atoms with Gasteiger partial charge in [-0.3, -0.25) is 0 Å². The first-order valence-corrected chi connectivity index (χ1v) is 7.36. The standard InChI is InChI=1S/C17H14F3N3O/c18-17(19,20)13-3-1-2-12(7-13)15-8-14(24)10-23(15)16-6-11(9-21)4-5-22-16/h1-7,14-15,24H,8,10H2/t14-,15+/m0/s1. The minimum atomic E-state index is -4.42. The monoisotopic (exact) mass is 333 g/mol. The van der Waals surface area contributed by atoms with Gasteiger partial charge < -0.3 is 10.0 Å². The highest BCUT2D eigenvalue weighted by atomic mass is 19.4. The number of alkyl halides is 3. The second kappa shape index (κ2) is 6.13. The quantitative estimate of drug-likeness (QED) is 0.916. The van der Waals surface area contributed by atoms with Crippen molar-refractivity contribution in [3.8, 4) is 6.07 Å². The van der Waals surface area contributed by atoms with Crippen LogP contribution in [-0.4, -0.2) is 22.7 Å². The van der Waals surface area contributed by atoms with E-state index < -0.39 is 23.9 Å². The Kier molecular flexibility index (Phi) is 4.16. The van der Waals surface area contributed by atoms with Crippen LogP contribution in [0.25, 0.3) is 0 Å². The molecular weight excluding hydrogens is 319 g/mol. The molecule has 4 nitrogen and oxygen atoms in total. The summed E-state index contributed by atoms with van der Waals surface area (Å²) >= 11 is 0. The van der Waals surface area contributed by atoms with Crippen molar-refractivity contribution in [1.29, 1.82) is 5.26 Å². The maximum atomic E-state index is 12.9. The zero-order valence-corrected chi connectivity index (χ0v) is 12.5. The largest absolute Gasteiger partial charge is 0.416 e. The van der Waals surface area contributed by atoms with Crippen LogP contribution in [0.1, 0.15) is 29.2 Å². The molecule has 1 aliphatic heterocycles. The molecule has 1 fully saturated rings. The molecule has 1 aromatic carbocycles. The molecule has 0 amide bonds. The summed E-state index contributed by atoms with van der Waals surface area (Å²) in [6.07, 6.45) is -3.31. The third-order valence-corrected chi connectivity index (χ3v) is 4.05. The van der Waals surface area contributed by atoms with Crippen LogP contribution in [-0.2, 0) is 6.18 Å². The van der Waals surface area contributed by atoms with Gasteiger partial charge >= 0.3 is 6.18 Å². The van der Waals surface area contributed by atoms with Crippen molar-refractivity contribution < 1.29 is 18.3 Å². The van der Waals surface area contributed by atoms with E-state index >= 15 is 0 Å². The van der Waals surface area contributed by atoms with Gasteiger partial charge in [0, 0.05) is 12.7 Å². The number of nitrogens with zero attached hydrogens (tertiary/aromatic N) is 3. The highest BCUT2D eigenvalue weighted by Crippen LogP contribution is 2.38. The first-order chi connectivity index (χ1) is 11.4. The maximum Gasteiger partial charge on any atom is 0.416 e. The lowest BCUT2D eigenvalue weighted by Crippen LogP contribution is -2.25. The summed E-state index contributed by atoms with van der Waals surface area (Å²) in [7, 11) is 0. The first-order valence-electron chi connectivity index (χ1n) is 7.36. The number of halogens is 3. The van der Waals surface area contributed by atoms with Crippen LogP contribution in [0.3, 0.4) is 0 Å². The second-order valence-corrected chi connectivity index (χ2v) is 5.70. The third-order valence-electron chi connectivity index (χ3n) is 4.05. The van der Waals surface area contributed by atoms with Crippen LogP contribution in [0.5, 0.6) is 0 Å². The Bertz CT molecular complexity index is 785. The molecule has 0 unspecified atom stereocenters. The van der Waals surface area contributed by atoms with E-state index in [1.54, 1.807) is 23.1 Å². The minimum Gasteiger partial charge on any atom is -0.391 e. The Labute approximate surface area is 136 Å². The van der Waals surface area contributed by atoms with Gasteiger partial charge in [-0.1, -0.05) is 12.1 Å². The lowest BCUT2D eigenvalue weighted by Gasteiger charge is -2.26. The zero-order valence-electron chi connectivity index (χ0n) is 12.5. The molecule has 0 spiro atoms. The van der Waals surface area contributed by atoms with E-state index in [1.807, 2.05) is 6.07 Å². The average Bonchev–Trinajstić information content (AvgIpc) is 2.96. The average molecular weight is 333 g/mol. The SMILES string of the molecule is N#Cc1ccnc(N2C[C@@H](O)C[C@@H]2c2cccc(C(F)(F)F)c2)c1. The molecular formula is C17H14F3N3O. The normalized spacial score (nSPS) is 20.9. The Morgan fingerprint density at radius 3 is 2.75 bits per heavy atom. The number of aliphatic hydroxyl groups is 1. The molecule has 3 rings (SSSR count). The fourth-order valence-electron chi connectivity index (χ4n) is 2.95. The summed E-state index contributed by atoms with van der Waals surface area (Å²) in [5.41, 5.74) is 0.148. The predicted molar refractivity (Wildman–Crippen MR) is 81.1 cm³/mol. The van der Waals surface area contributed by atoms with Crippen molar-refractivity contribution >= 4 is 5.82 Å². The van der Waals surface area contributed by atoms with Gasteiger partial charge in [-0.2, -0.15) is 18.4 Å². The zero-order chi connectivity index (χ0) is 17.3. The molecule has 0 bridgehead atoms. The fourth-order valence-corrected chi connectivity index (χ4v) is 2.95. The highest BCUT2D eigenvalue weighted by molar-refractivity contribution is 5.49. The molecule has 2 atom stereocenters. The van der Waals surface area contributed by atoms with Crippen LogP contribution in [0, 0.1) is 11.3 Å². The smallest absolute Gasteiger partial charge is 0.391 e. The van der Waals surface area contributed by atoms with Crippen molar-refractivity contribution in [3.63, 3.8) is 0 Å². The van der Waals surface area contributed by atoms with Crippen molar-refractivity contribution in [1.82, 2.24) is 4.98 Å². The lowest BCUT2D eigenvalue weighted by atomic mass is 10.0. The van der Waals surface area contributed by atoms with Crippen LogP contribution < -0.4 is 4.90 Å². The van der Waals surface area contributed by atoms with E-state index in [-0.39, 0.29) is 6.54 Å². The van der Waals surface area contributed by atoms with Gasteiger partial charge in [0.05, 0.1) is 29.3 Å². The van der Waals surface area contributed by atoms with Crippen molar-refractivity contribution in [2.45, 2.75) is 24.7 Å². The number of rotatable bonds is 2. The van der Waals surface area contributed by atoms with Crippen LogP contribution in [0.15, 0.2) is 42.6 Å². The molecule has 7 heteroatoms. The Morgan fingerprint density at radius 1 is 1.25 bits per heavy atom. The Morgan fingerprint density at radius 2 is 2.04 bits per heavy atom. The van der Waals surface area contributed by atoms with E-state index in [1.165, 1.54) is 12.3 Å². The van der Waals surface area contributed by atoms with Gasteiger partial charge in [0.1, 0.15) is 5.82 Å². The molecule has 1 aromatic heterocycles. The lowest BCUT2D eigenvalue weighted by molar-refractivity contribution is -0.137. The highest BCUT2D eigenvalue weighted by Gasteiger charge is 2.35. The second-order valence-electron chi connectivity index (χ2n) is 5.70. The summed E-state index contributed by atoms with van der Waals surface area (Å²) in [6.45, 7) is 0.253. The Balaban J connectivity index is 1.98. The number of benzene rings is 1. The summed E-state index contributed by atoms with van der Waals surface area (Å²) in [5, 5.41) is 19.0. The summed E-state index contributed by atoms with van der Waals surface area (Å²) < 4.78 is 38.8. The molecule has 1 saturated heterocycles. The molecule has 1 aliphatic rings. The van der Waals surface area contributed by atoms with E-state index in [4.69, 9.17) is 5.26 Å². The Hall–Kier alpha value is -2.59. The first kappa shape index (κ1) is 16.3. The fraction of sp³-hybridized carbons (Fsp3) is 0.294. The van der Waals surface area contributed by atoms with Crippen LogP contribution in [0.4, 0.5) is 19.0 Å². The summed E-state index contributed by atoms with van der Waals surface area (Å²) in [5.74, 6) is 0.466. The minimum absolute atomic E-state index is 0.253. The summed E-state index contributed by atoms with van der Waals surface area (Å²) in [6, 6.07) is 9.79. The van der Waals surface area contributed by atoms with Crippen molar-refractivity contribution in [3.05, 3.63) is 59.3 Å². The number of aliphatic hydroxyl groups excluding tert-OH is 1. The number of anilines is 1. The van der Waals surface area contributed by atoms with Gasteiger partial charge in [0.25, 0.3) is 0 Å². The van der Waals surface area contributed by atoms with Crippen molar-refractivity contribution in [2.75, 3.05) is 11.4 Å². The van der Waals surface area contributed by atoms with Gasteiger partial charge in [-0.05, 0) is 36.2 Å². The molecule has 0 saturated carbocycles. The predicted octanol–water partition coefficient (Wildman–Crippen LogP) is 3.28. The molecule has 0 aliphatic carbocycles. The van der Waals surface area contributed by atoms with E-state index in [0.29, 0.717) is 23.4 Å². The van der Waals surface area contributed by atoms with E-state index in [9.17, 15) is 18.3 Å². The van der Waals surface area contributed by atoms with Gasteiger partial charge in [0.2, 0.25) is 0 Å². The number of hydrogen-bond donors (Lipinski definition) is 1. The molecule has 0 radical (unpaired) electrons. The van der Waals surface area contributed by atoms with Crippen LogP contribution in [0.2, 0.25) is 0 Å². The molecule has 124 valence electrons.